The van der Waals surface area contributed by atoms with Crippen LogP contribution in [0, 0.1) is 0 Å². The van der Waals surface area contributed by atoms with Crippen molar-refractivity contribution in [2.24, 2.45) is 0 Å². The van der Waals surface area contributed by atoms with Crippen LogP contribution in [-0.4, -0.2) is 15.9 Å². The molecule has 26 heavy (non-hydrogen) atoms. The molecular formula is C20H19ClF2N2O. The maximum Gasteiger partial charge on any atom is 0.248 e. The third kappa shape index (κ3) is 4.67. The van der Waals surface area contributed by atoms with Crippen LogP contribution in [0.5, 0.6) is 0 Å². The van der Waals surface area contributed by atoms with E-state index in [2.05, 4.69) is 9.97 Å². The molecule has 0 bridgehead atoms. The number of hydrogen-bond donors (Lipinski definition) is 1. The Balaban J connectivity index is 0.000000236. The van der Waals surface area contributed by atoms with Gasteiger partial charge in [-0.15, -0.1) is 0 Å². The standard InChI is InChI=1S/C14H14F2N2O.C6H5Cl/c15-14(16)4-1-2-9(7-14)12-6-13(19)10-8-17-5-3-11(10)18-12;7-6-4-2-1-3-5-6/h3,5-6,8-9H,1-2,4,7H2,(H,18,19);1-5H/t9-;/m0./s1. The molecule has 1 aliphatic carbocycles. The molecule has 1 aromatic carbocycles. The van der Waals surface area contributed by atoms with Crippen LogP contribution < -0.4 is 5.43 Å². The zero-order chi connectivity index (χ0) is 18.6. The number of hydrogen-bond acceptors (Lipinski definition) is 2. The largest absolute Gasteiger partial charge is 0.358 e. The Morgan fingerprint density at radius 3 is 2.62 bits per heavy atom. The molecule has 0 radical (unpaired) electrons. The van der Waals surface area contributed by atoms with Crippen molar-refractivity contribution in [1.82, 2.24) is 9.97 Å². The second-order valence-corrected chi connectivity index (χ2v) is 6.89. The van der Waals surface area contributed by atoms with Crippen LogP contribution in [0.2, 0.25) is 5.02 Å². The van der Waals surface area contributed by atoms with Crippen molar-refractivity contribution < 1.29 is 8.78 Å². The number of H-pyrrole nitrogens is 1. The average Bonchev–Trinajstić information content (AvgIpc) is 2.62. The number of benzene rings is 1. The summed E-state index contributed by atoms with van der Waals surface area (Å²) in [7, 11) is 0. The first-order valence-electron chi connectivity index (χ1n) is 8.50. The van der Waals surface area contributed by atoms with Crippen LogP contribution in [0.1, 0.15) is 37.3 Å². The predicted octanol–water partition coefficient (Wildman–Crippen LogP) is 5.56. The first kappa shape index (κ1) is 18.5. The number of aromatic amines is 1. The van der Waals surface area contributed by atoms with Gasteiger partial charge in [-0.3, -0.25) is 9.78 Å². The predicted molar refractivity (Wildman–Crippen MR) is 100.0 cm³/mol. The van der Waals surface area contributed by atoms with E-state index in [4.69, 9.17) is 11.6 Å². The lowest BCUT2D eigenvalue weighted by atomic mass is 9.84. The van der Waals surface area contributed by atoms with Crippen LogP contribution in [-0.2, 0) is 0 Å². The molecule has 0 unspecified atom stereocenters. The number of rotatable bonds is 1. The molecule has 0 spiro atoms. The number of alkyl halides is 2. The van der Waals surface area contributed by atoms with E-state index >= 15 is 0 Å². The summed E-state index contributed by atoms with van der Waals surface area (Å²) in [4.78, 5) is 19.0. The van der Waals surface area contributed by atoms with Crippen molar-refractivity contribution in [1.29, 1.82) is 0 Å². The molecule has 0 amide bonds. The molecule has 2 aromatic heterocycles. The fraction of sp³-hybridized carbons (Fsp3) is 0.300. The summed E-state index contributed by atoms with van der Waals surface area (Å²) in [5.41, 5.74) is 1.11. The van der Waals surface area contributed by atoms with E-state index in [1.54, 1.807) is 12.3 Å². The summed E-state index contributed by atoms with van der Waals surface area (Å²) >= 11 is 5.54. The number of halogens is 3. The van der Waals surface area contributed by atoms with E-state index in [1.165, 1.54) is 12.3 Å². The van der Waals surface area contributed by atoms with E-state index in [0.29, 0.717) is 29.4 Å². The minimum atomic E-state index is -2.62. The molecule has 1 atom stereocenters. The second-order valence-electron chi connectivity index (χ2n) is 6.45. The molecule has 6 heteroatoms. The van der Waals surface area contributed by atoms with Gasteiger partial charge < -0.3 is 4.98 Å². The molecule has 1 fully saturated rings. The molecule has 0 aliphatic heterocycles. The van der Waals surface area contributed by atoms with E-state index in [9.17, 15) is 13.6 Å². The van der Waals surface area contributed by atoms with Gasteiger partial charge in [-0.05, 0) is 31.0 Å². The maximum atomic E-state index is 13.5. The van der Waals surface area contributed by atoms with Crippen LogP contribution in [0.25, 0.3) is 10.9 Å². The highest BCUT2D eigenvalue weighted by molar-refractivity contribution is 6.30. The minimum absolute atomic E-state index is 0.0504. The first-order valence-corrected chi connectivity index (χ1v) is 8.88. The highest BCUT2D eigenvalue weighted by atomic mass is 35.5. The lowest BCUT2D eigenvalue weighted by Crippen LogP contribution is -2.26. The molecule has 3 aromatic rings. The lowest BCUT2D eigenvalue weighted by Gasteiger charge is -2.28. The van der Waals surface area contributed by atoms with Gasteiger partial charge in [0.1, 0.15) is 0 Å². The number of fused-ring (bicyclic) bond motifs is 1. The number of nitrogens with one attached hydrogen (secondary N) is 1. The van der Waals surface area contributed by atoms with Gasteiger partial charge >= 0.3 is 0 Å². The molecule has 1 aliphatic rings. The molecule has 3 nitrogen and oxygen atoms in total. The van der Waals surface area contributed by atoms with Gasteiger partial charge in [0.2, 0.25) is 5.92 Å². The highest BCUT2D eigenvalue weighted by Gasteiger charge is 2.37. The summed E-state index contributed by atoms with van der Waals surface area (Å²) in [5.74, 6) is -2.89. The fourth-order valence-electron chi connectivity index (χ4n) is 3.18. The maximum absolute atomic E-state index is 13.5. The zero-order valence-corrected chi connectivity index (χ0v) is 14.8. The quantitative estimate of drug-likeness (QED) is 0.604. The number of nitrogens with zero attached hydrogens (tertiary/aromatic N) is 1. The van der Waals surface area contributed by atoms with Crippen molar-refractivity contribution in [3.63, 3.8) is 0 Å². The molecule has 2 heterocycles. The third-order valence-electron chi connectivity index (χ3n) is 4.47. The van der Waals surface area contributed by atoms with E-state index in [-0.39, 0.29) is 24.2 Å². The number of aromatic nitrogens is 2. The first-order chi connectivity index (χ1) is 12.4. The Hall–Kier alpha value is -2.27. The highest BCUT2D eigenvalue weighted by Crippen LogP contribution is 2.41. The Morgan fingerprint density at radius 2 is 1.96 bits per heavy atom. The van der Waals surface area contributed by atoms with Crippen molar-refractivity contribution in [2.75, 3.05) is 0 Å². The molecule has 1 N–H and O–H groups in total. The SMILES string of the molecule is Clc1ccccc1.O=c1cc([C@H]2CCCC(F)(F)C2)[nH]c2ccncc12. The fourth-order valence-corrected chi connectivity index (χ4v) is 3.33. The van der Waals surface area contributed by atoms with Crippen LogP contribution in [0.15, 0.2) is 59.7 Å². The van der Waals surface area contributed by atoms with Crippen LogP contribution >= 0.6 is 11.6 Å². The third-order valence-corrected chi connectivity index (χ3v) is 4.72. The van der Waals surface area contributed by atoms with Crippen molar-refractivity contribution in [3.8, 4) is 0 Å². The van der Waals surface area contributed by atoms with Crippen LogP contribution in [0.4, 0.5) is 8.78 Å². The lowest BCUT2D eigenvalue weighted by molar-refractivity contribution is -0.0412. The van der Waals surface area contributed by atoms with Gasteiger partial charge in [-0.25, -0.2) is 8.78 Å². The van der Waals surface area contributed by atoms with Crippen LogP contribution in [0.3, 0.4) is 0 Å². The topological polar surface area (TPSA) is 45.8 Å². The van der Waals surface area contributed by atoms with Crippen molar-refractivity contribution in [3.05, 3.63) is 75.8 Å². The summed E-state index contributed by atoms with van der Waals surface area (Å²) in [6, 6.07) is 12.6. The second kappa shape index (κ2) is 7.96. The zero-order valence-electron chi connectivity index (χ0n) is 14.1. The van der Waals surface area contributed by atoms with Gasteiger partial charge in [0.25, 0.3) is 0 Å². The number of pyridine rings is 2. The van der Waals surface area contributed by atoms with Gasteiger partial charge in [0, 0.05) is 47.9 Å². The Labute approximate surface area is 155 Å². The Morgan fingerprint density at radius 1 is 1.19 bits per heavy atom. The summed E-state index contributed by atoms with van der Waals surface area (Å²) in [6.07, 6.45) is 4.03. The molecule has 4 rings (SSSR count). The summed E-state index contributed by atoms with van der Waals surface area (Å²) in [5, 5.41) is 1.29. The van der Waals surface area contributed by atoms with Crippen molar-refractivity contribution in [2.45, 2.75) is 37.5 Å². The Kier molecular flexibility index (Phi) is 5.67. The molecule has 1 saturated carbocycles. The van der Waals surface area contributed by atoms with Crippen molar-refractivity contribution >= 4 is 22.5 Å². The normalized spacial score (nSPS) is 18.8. The van der Waals surface area contributed by atoms with E-state index in [0.717, 1.165) is 5.02 Å². The van der Waals surface area contributed by atoms with Gasteiger partial charge in [0.15, 0.2) is 5.43 Å². The monoisotopic (exact) mass is 376 g/mol. The van der Waals surface area contributed by atoms with Gasteiger partial charge in [0.05, 0.1) is 10.9 Å². The molecular weight excluding hydrogens is 358 g/mol. The van der Waals surface area contributed by atoms with Gasteiger partial charge in [-0.1, -0.05) is 29.8 Å². The minimum Gasteiger partial charge on any atom is -0.358 e. The smallest absolute Gasteiger partial charge is 0.248 e. The average molecular weight is 377 g/mol. The Bertz CT molecular complexity index is 928. The summed E-state index contributed by atoms with van der Waals surface area (Å²) in [6.45, 7) is 0. The molecule has 136 valence electrons. The van der Waals surface area contributed by atoms with E-state index in [1.807, 2.05) is 30.3 Å². The van der Waals surface area contributed by atoms with E-state index < -0.39 is 5.92 Å². The van der Waals surface area contributed by atoms with Gasteiger partial charge in [-0.2, -0.15) is 0 Å². The molecule has 0 saturated heterocycles. The summed E-state index contributed by atoms with van der Waals surface area (Å²) < 4.78 is 26.9.